The Labute approximate surface area is 117 Å². The van der Waals surface area contributed by atoms with E-state index < -0.39 is 0 Å². The van der Waals surface area contributed by atoms with E-state index in [1.807, 2.05) is 18.2 Å². The van der Waals surface area contributed by atoms with E-state index in [9.17, 15) is 4.79 Å². The number of hydrogen-bond acceptors (Lipinski definition) is 4. The van der Waals surface area contributed by atoms with Crippen LogP contribution in [0.2, 0.25) is 0 Å². The Kier molecular flexibility index (Phi) is 4.93. The van der Waals surface area contributed by atoms with Gasteiger partial charge in [-0.05, 0) is 36.4 Å². The highest BCUT2D eigenvalue weighted by Gasteiger charge is 2.02. The van der Waals surface area contributed by atoms with E-state index in [0.29, 0.717) is 30.8 Å². The third kappa shape index (κ3) is 4.26. The first-order valence-electron chi connectivity index (χ1n) is 6.31. The van der Waals surface area contributed by atoms with Crippen molar-refractivity contribution in [2.24, 2.45) is 0 Å². The van der Waals surface area contributed by atoms with Gasteiger partial charge in [0.1, 0.15) is 5.76 Å². The Morgan fingerprint density at radius 3 is 2.70 bits per heavy atom. The van der Waals surface area contributed by atoms with Crippen molar-refractivity contribution in [1.82, 2.24) is 5.32 Å². The van der Waals surface area contributed by atoms with Crippen LogP contribution in [0.4, 0.5) is 5.69 Å². The number of benzene rings is 1. The summed E-state index contributed by atoms with van der Waals surface area (Å²) in [5.41, 5.74) is 1.27. The topological polar surface area (TPSA) is 78.1 Å². The molecule has 2 N–H and O–H groups in total. The normalized spacial score (nSPS) is 9.95. The molecule has 2 rings (SSSR count). The first-order valence-corrected chi connectivity index (χ1v) is 6.31. The van der Waals surface area contributed by atoms with Gasteiger partial charge >= 0.3 is 0 Å². The summed E-state index contributed by atoms with van der Waals surface area (Å²) in [6.45, 7) is 1.18. The second-order valence-corrected chi connectivity index (χ2v) is 4.24. The van der Waals surface area contributed by atoms with Gasteiger partial charge in [-0.15, -0.1) is 0 Å². The highest BCUT2D eigenvalue weighted by molar-refractivity contribution is 5.90. The van der Waals surface area contributed by atoms with Gasteiger partial charge in [0.15, 0.2) is 0 Å². The molecule has 0 aliphatic carbocycles. The summed E-state index contributed by atoms with van der Waals surface area (Å²) in [5.74, 6) is 0.777. The van der Waals surface area contributed by atoms with Crippen LogP contribution < -0.4 is 10.6 Å². The molecule has 0 aliphatic rings. The zero-order valence-corrected chi connectivity index (χ0v) is 10.9. The van der Waals surface area contributed by atoms with Crippen molar-refractivity contribution in [2.45, 2.75) is 13.0 Å². The molecule has 1 aromatic heterocycles. The molecule has 0 saturated carbocycles. The molecule has 5 nitrogen and oxygen atoms in total. The molecule has 0 saturated heterocycles. The number of anilines is 1. The summed E-state index contributed by atoms with van der Waals surface area (Å²) in [7, 11) is 0. The first kappa shape index (κ1) is 13.8. The van der Waals surface area contributed by atoms with E-state index in [-0.39, 0.29) is 5.91 Å². The molecule has 102 valence electrons. The minimum absolute atomic E-state index is 0.0679. The van der Waals surface area contributed by atoms with E-state index in [1.54, 1.807) is 30.5 Å². The van der Waals surface area contributed by atoms with Crippen LogP contribution in [0, 0.1) is 11.3 Å². The van der Waals surface area contributed by atoms with E-state index >= 15 is 0 Å². The molecule has 1 aromatic carbocycles. The van der Waals surface area contributed by atoms with Crippen LogP contribution in [-0.2, 0) is 11.3 Å². The summed E-state index contributed by atoms with van der Waals surface area (Å²) in [4.78, 5) is 11.7. The maximum Gasteiger partial charge on any atom is 0.225 e. The number of amides is 1. The van der Waals surface area contributed by atoms with Gasteiger partial charge in [-0.1, -0.05) is 0 Å². The fourth-order valence-corrected chi connectivity index (χ4v) is 1.68. The van der Waals surface area contributed by atoms with E-state index in [0.717, 1.165) is 5.76 Å². The van der Waals surface area contributed by atoms with Crippen molar-refractivity contribution in [3.05, 3.63) is 54.0 Å². The molecular weight excluding hydrogens is 254 g/mol. The molecule has 2 aromatic rings. The molecule has 0 spiro atoms. The molecule has 0 atom stereocenters. The standard InChI is InChI=1S/C15H15N3O2/c16-10-12-3-5-13(6-4-12)18-15(19)7-8-17-11-14-2-1-9-20-14/h1-6,9,17H,7-8,11H2,(H,18,19). The van der Waals surface area contributed by atoms with Crippen molar-refractivity contribution in [3.63, 3.8) is 0 Å². The number of rotatable bonds is 6. The Hall–Kier alpha value is -2.58. The lowest BCUT2D eigenvalue weighted by Gasteiger charge is -2.05. The van der Waals surface area contributed by atoms with Crippen LogP contribution in [0.25, 0.3) is 0 Å². The molecule has 1 amide bonds. The van der Waals surface area contributed by atoms with Crippen LogP contribution >= 0.6 is 0 Å². The van der Waals surface area contributed by atoms with Gasteiger partial charge in [0.05, 0.1) is 24.4 Å². The zero-order valence-electron chi connectivity index (χ0n) is 10.9. The van der Waals surface area contributed by atoms with Crippen LogP contribution in [0.3, 0.4) is 0 Å². The Morgan fingerprint density at radius 2 is 2.05 bits per heavy atom. The maximum atomic E-state index is 11.7. The maximum absolute atomic E-state index is 11.7. The van der Waals surface area contributed by atoms with Crippen molar-refractivity contribution < 1.29 is 9.21 Å². The third-order valence-electron chi connectivity index (χ3n) is 2.71. The van der Waals surface area contributed by atoms with Crippen LogP contribution in [0.5, 0.6) is 0 Å². The fraction of sp³-hybridized carbons (Fsp3) is 0.200. The number of nitrogens with zero attached hydrogens (tertiary/aromatic N) is 1. The monoisotopic (exact) mass is 269 g/mol. The summed E-state index contributed by atoms with van der Waals surface area (Å²) < 4.78 is 5.17. The summed E-state index contributed by atoms with van der Waals surface area (Å²) in [6.07, 6.45) is 2.00. The number of hydrogen-bond donors (Lipinski definition) is 2. The molecule has 5 heteroatoms. The lowest BCUT2D eigenvalue weighted by Crippen LogP contribution is -2.21. The quantitative estimate of drug-likeness (QED) is 0.788. The number of carbonyl (C=O) groups excluding carboxylic acids is 1. The number of furan rings is 1. The summed E-state index contributed by atoms with van der Waals surface area (Å²) in [5, 5.41) is 14.6. The minimum atomic E-state index is -0.0679. The van der Waals surface area contributed by atoms with Crippen LogP contribution in [0.15, 0.2) is 47.1 Å². The van der Waals surface area contributed by atoms with E-state index in [4.69, 9.17) is 9.68 Å². The van der Waals surface area contributed by atoms with E-state index in [2.05, 4.69) is 10.6 Å². The van der Waals surface area contributed by atoms with Crippen LogP contribution in [0.1, 0.15) is 17.7 Å². The van der Waals surface area contributed by atoms with Gasteiger partial charge < -0.3 is 15.1 Å². The average molecular weight is 269 g/mol. The Morgan fingerprint density at radius 1 is 1.25 bits per heavy atom. The van der Waals surface area contributed by atoms with Crippen molar-refractivity contribution in [1.29, 1.82) is 5.26 Å². The number of carbonyl (C=O) groups is 1. The average Bonchev–Trinajstić information content (AvgIpc) is 2.98. The Bertz CT molecular complexity index is 583. The zero-order chi connectivity index (χ0) is 14.2. The predicted octanol–water partition coefficient (Wildman–Crippen LogP) is 2.27. The molecule has 0 bridgehead atoms. The van der Waals surface area contributed by atoms with Gasteiger partial charge in [-0.25, -0.2) is 0 Å². The van der Waals surface area contributed by atoms with Crippen molar-refractivity contribution >= 4 is 11.6 Å². The smallest absolute Gasteiger partial charge is 0.225 e. The molecule has 0 aliphatic heterocycles. The summed E-state index contributed by atoms with van der Waals surface area (Å²) >= 11 is 0. The van der Waals surface area contributed by atoms with Gasteiger partial charge in [-0.2, -0.15) is 5.26 Å². The molecule has 0 unspecified atom stereocenters. The molecule has 0 fully saturated rings. The SMILES string of the molecule is N#Cc1ccc(NC(=O)CCNCc2ccco2)cc1. The highest BCUT2D eigenvalue weighted by Crippen LogP contribution is 2.08. The molecule has 1 heterocycles. The minimum Gasteiger partial charge on any atom is -0.468 e. The molecule has 0 radical (unpaired) electrons. The predicted molar refractivity (Wildman–Crippen MR) is 74.8 cm³/mol. The second kappa shape index (κ2) is 7.12. The highest BCUT2D eigenvalue weighted by atomic mass is 16.3. The molecule has 20 heavy (non-hydrogen) atoms. The first-order chi connectivity index (χ1) is 9.78. The summed E-state index contributed by atoms with van der Waals surface area (Å²) in [6, 6.07) is 12.5. The van der Waals surface area contributed by atoms with Gasteiger partial charge in [0.2, 0.25) is 5.91 Å². The second-order valence-electron chi connectivity index (χ2n) is 4.24. The van der Waals surface area contributed by atoms with Gasteiger partial charge in [0, 0.05) is 18.7 Å². The van der Waals surface area contributed by atoms with Gasteiger partial charge in [-0.3, -0.25) is 4.79 Å². The van der Waals surface area contributed by atoms with Gasteiger partial charge in [0.25, 0.3) is 0 Å². The third-order valence-corrected chi connectivity index (χ3v) is 2.71. The lowest BCUT2D eigenvalue weighted by atomic mass is 10.2. The Balaban J connectivity index is 1.68. The van der Waals surface area contributed by atoms with E-state index in [1.165, 1.54) is 0 Å². The molecular formula is C15H15N3O2. The number of nitriles is 1. The lowest BCUT2D eigenvalue weighted by molar-refractivity contribution is -0.116. The van der Waals surface area contributed by atoms with Crippen LogP contribution in [-0.4, -0.2) is 12.5 Å². The largest absolute Gasteiger partial charge is 0.468 e. The number of nitrogens with one attached hydrogen (secondary N) is 2. The van der Waals surface area contributed by atoms with Crippen molar-refractivity contribution in [3.8, 4) is 6.07 Å². The van der Waals surface area contributed by atoms with Crippen molar-refractivity contribution in [2.75, 3.05) is 11.9 Å². The fourth-order valence-electron chi connectivity index (χ4n) is 1.68.